The molecule has 0 aliphatic heterocycles. The van der Waals surface area contributed by atoms with E-state index in [1.165, 1.54) is 51.4 Å². The molecule has 0 heterocycles. The summed E-state index contributed by atoms with van der Waals surface area (Å²) in [6.45, 7) is 4.45. The van der Waals surface area contributed by atoms with E-state index in [0.29, 0.717) is 12.8 Å². The van der Waals surface area contributed by atoms with Gasteiger partial charge in [0.25, 0.3) is 0 Å². The van der Waals surface area contributed by atoms with Crippen LogP contribution < -0.4 is 0 Å². The Bertz CT molecular complexity index is 821. The molecule has 0 radical (unpaired) electrons. The van der Waals surface area contributed by atoms with Crippen LogP contribution in [0.15, 0.2) is 48.6 Å². The van der Waals surface area contributed by atoms with Crippen molar-refractivity contribution in [3.63, 3.8) is 0 Å². The standard InChI is InChI=1S/C36H60O4.O.V/c1-3-5-7-9-11-13-15-17-19-21-23-25-27-29-31-33-35(37)39-40-36(38)34-32-30-28-26-24-22-20-18-16-14-12-10-8-6-4-2;;/h11-14,17-20H,3-10,15-16,21-33H2,1-2H3;;/b13-11-,14-12-,19-17-,20-18-;;. The van der Waals surface area contributed by atoms with Crippen molar-refractivity contribution in [2.45, 2.75) is 162 Å². The van der Waals surface area contributed by atoms with Crippen molar-refractivity contribution in [3.05, 3.63) is 48.6 Å². The Morgan fingerprint density at radius 2 is 0.905 bits per heavy atom. The molecule has 0 aromatic heterocycles. The van der Waals surface area contributed by atoms with Crippen molar-refractivity contribution >= 4 is 16.2 Å². The Labute approximate surface area is 264 Å². The minimum atomic E-state index is -1.48. The van der Waals surface area contributed by atoms with Crippen molar-refractivity contribution in [2.75, 3.05) is 0 Å². The second-order valence-electron chi connectivity index (χ2n) is 11.0. The Hall–Kier alpha value is -1.85. The van der Waals surface area contributed by atoms with Gasteiger partial charge < -0.3 is 0 Å². The molecule has 0 fully saturated rings. The molecule has 0 aromatic rings. The maximum atomic E-state index is 12.1. The van der Waals surface area contributed by atoms with Crippen molar-refractivity contribution in [1.29, 1.82) is 0 Å². The number of carbonyl (C=O) groups excluding carboxylic acids is 2. The van der Waals surface area contributed by atoms with Crippen LogP contribution >= 0.6 is 0 Å². The summed E-state index contributed by atoms with van der Waals surface area (Å²) in [5, 5.41) is 0. The number of carbonyl (C=O) groups is 2. The average molecular weight is 624 g/mol. The molecule has 0 spiro atoms. The minimum absolute atomic E-state index is 0.224. The Morgan fingerprint density at radius 1 is 0.500 bits per heavy atom. The normalized spacial score (nSPS) is 11.7. The Morgan fingerprint density at radius 3 is 1.36 bits per heavy atom. The molecule has 0 aliphatic carbocycles. The first kappa shape index (κ1) is 40.2. The zero-order chi connectivity index (χ0) is 30.8. The number of rotatable bonds is 28. The topological polar surface area (TPSA) is 69.7 Å². The van der Waals surface area contributed by atoms with Crippen LogP contribution in [0.4, 0.5) is 0 Å². The van der Waals surface area contributed by atoms with Crippen LogP contribution in [0.1, 0.15) is 162 Å². The molecule has 0 unspecified atom stereocenters. The van der Waals surface area contributed by atoms with Gasteiger partial charge in [-0.2, -0.15) is 0 Å². The van der Waals surface area contributed by atoms with Crippen molar-refractivity contribution in [3.8, 4) is 0 Å². The first-order valence-electron chi connectivity index (χ1n) is 16.9. The molecule has 0 amide bonds. The second-order valence-corrected chi connectivity index (χ2v) is 12.1. The quantitative estimate of drug-likeness (QED) is 0.0375. The first-order valence-corrected chi connectivity index (χ1v) is 18.1. The summed E-state index contributed by atoms with van der Waals surface area (Å²) in [7, 11) is 0. The van der Waals surface area contributed by atoms with E-state index in [2.05, 4.69) is 72.2 Å². The SMILES string of the molecule is CCCCC/C=C\C/C=C\CCCCCCCC(=O)OOC(=O)[C](CCCCCC/C=C\C/C=C\CCCCC)=[V]=[O]. The van der Waals surface area contributed by atoms with Crippen LogP contribution in [-0.4, -0.2) is 16.2 Å². The van der Waals surface area contributed by atoms with Gasteiger partial charge in [-0.05, 0) is 32.1 Å². The molecule has 0 saturated carbocycles. The third-order valence-electron chi connectivity index (χ3n) is 7.00. The van der Waals surface area contributed by atoms with Crippen molar-refractivity contribution in [2.24, 2.45) is 0 Å². The summed E-state index contributed by atoms with van der Waals surface area (Å²) in [6.07, 6.45) is 41.9. The predicted octanol–water partition coefficient (Wildman–Crippen LogP) is 10.8. The Kier molecular flexibility index (Phi) is 32.2. The zero-order valence-corrected chi connectivity index (χ0v) is 28.3. The molecular formula is C36H60O5V. The van der Waals surface area contributed by atoms with Crippen LogP contribution in [0.25, 0.3) is 0 Å². The maximum absolute atomic E-state index is 12.1. The third-order valence-corrected chi connectivity index (χ3v) is 7.98. The van der Waals surface area contributed by atoms with E-state index in [1.807, 2.05) is 0 Å². The summed E-state index contributed by atoms with van der Waals surface area (Å²) in [4.78, 5) is 33.3. The first-order chi connectivity index (χ1) is 20.7. The van der Waals surface area contributed by atoms with Gasteiger partial charge in [0, 0.05) is 0 Å². The number of unbranched alkanes of at least 4 members (excludes halogenated alkanes) is 15. The van der Waals surface area contributed by atoms with E-state index < -0.39 is 27.7 Å². The van der Waals surface area contributed by atoms with E-state index in [-0.39, 0.29) is 10.6 Å². The zero-order valence-electron chi connectivity index (χ0n) is 26.9. The average Bonchev–Trinajstić information content (AvgIpc) is 3.00. The molecule has 0 bridgehead atoms. The van der Waals surface area contributed by atoms with Gasteiger partial charge in [-0.15, -0.1) is 0 Å². The van der Waals surface area contributed by atoms with E-state index in [9.17, 15) is 13.3 Å². The molecule has 0 rings (SSSR count). The summed E-state index contributed by atoms with van der Waals surface area (Å²) >= 11 is -1.48. The van der Waals surface area contributed by atoms with Crippen molar-refractivity contribution in [1.82, 2.24) is 0 Å². The molecule has 0 atom stereocenters. The summed E-state index contributed by atoms with van der Waals surface area (Å²) < 4.78 is 11.7. The van der Waals surface area contributed by atoms with Gasteiger partial charge in [0.2, 0.25) is 0 Å². The van der Waals surface area contributed by atoms with E-state index in [1.54, 1.807) is 0 Å². The molecule has 0 N–H and O–H groups in total. The molecular weight excluding hydrogens is 563 g/mol. The molecule has 5 nitrogen and oxygen atoms in total. The van der Waals surface area contributed by atoms with Crippen LogP contribution in [0, 0.1) is 0 Å². The van der Waals surface area contributed by atoms with Gasteiger partial charge in [-0.1, -0.05) is 63.8 Å². The van der Waals surface area contributed by atoms with Crippen molar-refractivity contribution < 1.29 is 38.8 Å². The van der Waals surface area contributed by atoms with Gasteiger partial charge >= 0.3 is 169 Å². The number of hydrogen-bond donors (Lipinski definition) is 0. The second kappa shape index (κ2) is 33.7. The van der Waals surface area contributed by atoms with Gasteiger partial charge in [-0.25, -0.2) is 0 Å². The van der Waals surface area contributed by atoms with Crippen LogP contribution in [0.2, 0.25) is 0 Å². The molecule has 0 saturated heterocycles. The summed E-state index contributed by atoms with van der Waals surface area (Å²) in [6, 6.07) is 0. The van der Waals surface area contributed by atoms with Crippen LogP contribution in [0.5, 0.6) is 0 Å². The predicted molar refractivity (Wildman–Crippen MR) is 172 cm³/mol. The Balaban J connectivity index is 3.69. The molecule has 42 heavy (non-hydrogen) atoms. The van der Waals surface area contributed by atoms with Crippen LogP contribution in [-0.2, 0) is 38.8 Å². The van der Waals surface area contributed by atoms with E-state index in [0.717, 1.165) is 77.0 Å². The fourth-order valence-corrected chi connectivity index (χ4v) is 4.93. The van der Waals surface area contributed by atoms with Gasteiger partial charge in [-0.3, -0.25) is 0 Å². The van der Waals surface area contributed by atoms with Gasteiger partial charge in [0.05, 0.1) is 0 Å². The number of hydrogen-bond acceptors (Lipinski definition) is 5. The molecule has 0 aromatic carbocycles. The van der Waals surface area contributed by atoms with E-state index >= 15 is 0 Å². The fourth-order valence-electron chi connectivity index (χ4n) is 4.37. The fraction of sp³-hybridized carbons (Fsp3) is 0.694. The molecule has 239 valence electrons. The monoisotopic (exact) mass is 623 g/mol. The summed E-state index contributed by atoms with van der Waals surface area (Å²) in [5.74, 6) is -1.31. The molecule has 0 aliphatic rings. The molecule has 6 heteroatoms. The van der Waals surface area contributed by atoms with Gasteiger partial charge in [0.15, 0.2) is 0 Å². The van der Waals surface area contributed by atoms with Crippen LogP contribution in [0.3, 0.4) is 0 Å². The van der Waals surface area contributed by atoms with Gasteiger partial charge in [0.1, 0.15) is 0 Å². The third kappa shape index (κ3) is 29.6. The van der Waals surface area contributed by atoms with E-state index in [4.69, 9.17) is 0 Å². The summed E-state index contributed by atoms with van der Waals surface area (Å²) in [5.41, 5.74) is 0. The number of allylic oxidation sites excluding steroid dienone is 8.